The van der Waals surface area contributed by atoms with Crippen molar-refractivity contribution < 1.29 is 5.11 Å². The fourth-order valence-electron chi connectivity index (χ4n) is 2.99. The summed E-state index contributed by atoms with van der Waals surface area (Å²) in [6.45, 7) is 4.04. The van der Waals surface area contributed by atoms with Gasteiger partial charge in [0.2, 0.25) is 0 Å². The third-order valence-electron chi connectivity index (χ3n) is 4.13. The number of benzene rings is 2. The fourth-order valence-corrected chi connectivity index (χ4v) is 3.38. The lowest BCUT2D eigenvalue weighted by Crippen LogP contribution is -2.26. The van der Waals surface area contributed by atoms with Gasteiger partial charge in [-0.3, -0.25) is 0 Å². The first kappa shape index (κ1) is 15.4. The predicted octanol–water partition coefficient (Wildman–Crippen LogP) is 3.77. The maximum atomic E-state index is 9.47. The lowest BCUT2D eigenvalue weighted by Gasteiger charge is -2.19. The van der Waals surface area contributed by atoms with E-state index in [0.717, 1.165) is 36.2 Å². The van der Waals surface area contributed by atoms with E-state index >= 15 is 0 Å². The molecule has 1 fully saturated rings. The molecule has 3 nitrogen and oxygen atoms in total. The lowest BCUT2D eigenvalue weighted by molar-refractivity contribution is 0.473. The summed E-state index contributed by atoms with van der Waals surface area (Å²) in [6.07, 6.45) is 1.22. The summed E-state index contributed by atoms with van der Waals surface area (Å²) in [5, 5.41) is 13.0. The normalized spacial score (nSPS) is 17.9. The first-order chi connectivity index (χ1) is 10.7. The molecule has 3 rings (SSSR count). The molecular weight excluding hydrogens is 340 g/mol. The summed E-state index contributed by atoms with van der Waals surface area (Å²) in [5.74, 6) is 1.01. The van der Waals surface area contributed by atoms with Gasteiger partial charge in [-0.25, -0.2) is 0 Å². The zero-order valence-electron chi connectivity index (χ0n) is 12.5. The Morgan fingerprint density at radius 2 is 2.05 bits per heavy atom. The van der Waals surface area contributed by atoms with Gasteiger partial charge in [0.25, 0.3) is 0 Å². The average Bonchev–Trinajstić information content (AvgIpc) is 2.96. The van der Waals surface area contributed by atoms with Gasteiger partial charge in [0.05, 0.1) is 0 Å². The van der Waals surface area contributed by atoms with Crippen LogP contribution in [-0.2, 0) is 6.54 Å². The molecule has 1 aliphatic heterocycles. The van der Waals surface area contributed by atoms with Crippen molar-refractivity contribution in [3.05, 3.63) is 58.6 Å². The molecule has 2 aromatic carbocycles. The molecule has 0 saturated carbocycles. The van der Waals surface area contributed by atoms with Crippen molar-refractivity contribution in [3.63, 3.8) is 0 Å². The molecule has 0 spiro atoms. The molecule has 0 aromatic heterocycles. The molecule has 1 atom stereocenters. The molecule has 2 aromatic rings. The molecule has 0 amide bonds. The van der Waals surface area contributed by atoms with Crippen LogP contribution in [0, 0.1) is 5.92 Å². The minimum absolute atomic E-state index is 0.334. The quantitative estimate of drug-likeness (QED) is 0.851. The molecule has 0 aliphatic carbocycles. The second-order valence-electron chi connectivity index (χ2n) is 5.88. The SMILES string of the molecule is Oc1cccc(CNCC2CCN(c3cccc(Br)c3)C2)c1. The highest BCUT2D eigenvalue weighted by Gasteiger charge is 2.22. The van der Waals surface area contributed by atoms with Gasteiger partial charge in [-0.1, -0.05) is 34.1 Å². The number of anilines is 1. The highest BCUT2D eigenvalue weighted by Crippen LogP contribution is 2.26. The van der Waals surface area contributed by atoms with Crippen LogP contribution in [0.4, 0.5) is 5.69 Å². The molecule has 4 heteroatoms. The van der Waals surface area contributed by atoms with Crippen molar-refractivity contribution in [1.29, 1.82) is 0 Å². The van der Waals surface area contributed by atoms with E-state index in [-0.39, 0.29) is 0 Å². The minimum Gasteiger partial charge on any atom is -0.508 e. The molecule has 116 valence electrons. The van der Waals surface area contributed by atoms with Crippen molar-refractivity contribution in [2.45, 2.75) is 13.0 Å². The second kappa shape index (κ2) is 7.16. The van der Waals surface area contributed by atoms with Gasteiger partial charge < -0.3 is 15.3 Å². The van der Waals surface area contributed by atoms with Gasteiger partial charge in [0, 0.05) is 36.3 Å². The number of rotatable bonds is 5. The Labute approximate surface area is 140 Å². The van der Waals surface area contributed by atoms with Crippen LogP contribution in [0.15, 0.2) is 53.0 Å². The van der Waals surface area contributed by atoms with E-state index < -0.39 is 0 Å². The molecule has 1 heterocycles. The van der Waals surface area contributed by atoms with E-state index in [4.69, 9.17) is 0 Å². The Bertz CT molecular complexity index is 632. The number of phenols is 1. The third kappa shape index (κ3) is 4.02. The van der Waals surface area contributed by atoms with Crippen LogP contribution in [0.5, 0.6) is 5.75 Å². The molecule has 22 heavy (non-hydrogen) atoms. The van der Waals surface area contributed by atoms with Gasteiger partial charge in [0.15, 0.2) is 0 Å². The number of hydrogen-bond acceptors (Lipinski definition) is 3. The summed E-state index contributed by atoms with van der Waals surface area (Å²) in [6, 6.07) is 16.0. The van der Waals surface area contributed by atoms with E-state index in [9.17, 15) is 5.11 Å². The number of halogens is 1. The smallest absolute Gasteiger partial charge is 0.115 e. The lowest BCUT2D eigenvalue weighted by atomic mass is 10.1. The Balaban J connectivity index is 1.47. The van der Waals surface area contributed by atoms with Crippen LogP contribution >= 0.6 is 15.9 Å². The van der Waals surface area contributed by atoms with Gasteiger partial charge in [0.1, 0.15) is 5.75 Å². The second-order valence-corrected chi connectivity index (χ2v) is 6.80. The van der Waals surface area contributed by atoms with Crippen molar-refractivity contribution in [3.8, 4) is 5.75 Å². The first-order valence-corrected chi connectivity index (χ1v) is 8.49. The topological polar surface area (TPSA) is 35.5 Å². The monoisotopic (exact) mass is 360 g/mol. The molecule has 2 N–H and O–H groups in total. The molecular formula is C18H21BrN2O. The number of hydrogen-bond donors (Lipinski definition) is 2. The Hall–Kier alpha value is -1.52. The van der Waals surface area contributed by atoms with Crippen LogP contribution in [-0.4, -0.2) is 24.7 Å². The number of phenolic OH excluding ortho intramolecular Hbond substituents is 1. The number of nitrogens with zero attached hydrogens (tertiary/aromatic N) is 1. The average molecular weight is 361 g/mol. The van der Waals surface area contributed by atoms with E-state index in [1.807, 2.05) is 18.2 Å². The van der Waals surface area contributed by atoms with Crippen LogP contribution in [0.1, 0.15) is 12.0 Å². The molecule has 1 aliphatic rings. The van der Waals surface area contributed by atoms with Gasteiger partial charge >= 0.3 is 0 Å². The standard InChI is InChI=1S/C18H21BrN2O/c19-16-4-2-5-17(10-16)21-8-7-15(13-21)12-20-11-14-3-1-6-18(22)9-14/h1-6,9-10,15,20,22H,7-8,11-13H2. The molecule has 1 saturated heterocycles. The van der Waals surface area contributed by atoms with Crippen LogP contribution < -0.4 is 10.2 Å². The number of aromatic hydroxyl groups is 1. The predicted molar refractivity (Wildman–Crippen MR) is 94.3 cm³/mol. The molecule has 1 unspecified atom stereocenters. The third-order valence-corrected chi connectivity index (χ3v) is 4.63. The maximum Gasteiger partial charge on any atom is 0.115 e. The zero-order valence-corrected chi connectivity index (χ0v) is 14.1. The van der Waals surface area contributed by atoms with E-state index in [1.165, 1.54) is 12.1 Å². The van der Waals surface area contributed by atoms with Crippen molar-refractivity contribution >= 4 is 21.6 Å². The fraction of sp³-hybridized carbons (Fsp3) is 0.333. The van der Waals surface area contributed by atoms with E-state index in [1.54, 1.807) is 6.07 Å². The Morgan fingerprint density at radius 3 is 2.86 bits per heavy atom. The maximum absolute atomic E-state index is 9.47. The van der Waals surface area contributed by atoms with Gasteiger partial charge in [-0.15, -0.1) is 0 Å². The van der Waals surface area contributed by atoms with Crippen LogP contribution in [0.2, 0.25) is 0 Å². The zero-order chi connectivity index (χ0) is 15.4. The van der Waals surface area contributed by atoms with E-state index in [2.05, 4.69) is 50.4 Å². The number of nitrogens with one attached hydrogen (secondary N) is 1. The van der Waals surface area contributed by atoms with Crippen molar-refractivity contribution in [2.24, 2.45) is 5.92 Å². The highest BCUT2D eigenvalue weighted by atomic mass is 79.9. The summed E-state index contributed by atoms with van der Waals surface area (Å²) in [7, 11) is 0. The van der Waals surface area contributed by atoms with Crippen LogP contribution in [0.25, 0.3) is 0 Å². The Morgan fingerprint density at radius 1 is 1.18 bits per heavy atom. The van der Waals surface area contributed by atoms with Crippen molar-refractivity contribution in [1.82, 2.24) is 5.32 Å². The minimum atomic E-state index is 0.334. The molecule has 0 bridgehead atoms. The summed E-state index contributed by atoms with van der Waals surface area (Å²) in [4.78, 5) is 2.45. The Kier molecular flexibility index (Phi) is 5.01. The largest absolute Gasteiger partial charge is 0.508 e. The summed E-state index contributed by atoms with van der Waals surface area (Å²) in [5.41, 5.74) is 2.42. The van der Waals surface area contributed by atoms with Crippen LogP contribution in [0.3, 0.4) is 0 Å². The van der Waals surface area contributed by atoms with Crippen molar-refractivity contribution in [2.75, 3.05) is 24.5 Å². The first-order valence-electron chi connectivity index (χ1n) is 7.70. The summed E-state index contributed by atoms with van der Waals surface area (Å²) < 4.78 is 1.13. The van der Waals surface area contributed by atoms with E-state index in [0.29, 0.717) is 11.7 Å². The highest BCUT2D eigenvalue weighted by molar-refractivity contribution is 9.10. The van der Waals surface area contributed by atoms with Gasteiger partial charge in [-0.2, -0.15) is 0 Å². The molecule has 0 radical (unpaired) electrons. The summed E-state index contributed by atoms with van der Waals surface area (Å²) >= 11 is 3.54. The van der Waals surface area contributed by atoms with Gasteiger partial charge in [-0.05, 0) is 48.2 Å².